The van der Waals surface area contributed by atoms with E-state index in [2.05, 4.69) is 15.9 Å². The number of thiophene rings is 1. The standard InChI is InChI=1S/C8H7BrO2S2/c9-7-6(8(10)11)4-3-12-2-1-5(4)13-7/h1-3H2,(H,10,11). The lowest BCUT2D eigenvalue weighted by molar-refractivity contribution is 0.0695. The maximum atomic E-state index is 10.9. The lowest BCUT2D eigenvalue weighted by Crippen LogP contribution is -2.04. The second-order valence-corrected chi connectivity index (χ2v) is 6.29. The molecule has 1 aromatic rings. The number of halogens is 1. The fraction of sp³-hybridized carbons (Fsp3) is 0.375. The molecular weight excluding hydrogens is 272 g/mol. The van der Waals surface area contributed by atoms with Gasteiger partial charge in [-0.15, -0.1) is 11.3 Å². The Morgan fingerprint density at radius 3 is 3.00 bits per heavy atom. The number of aromatic carboxylic acids is 1. The molecule has 70 valence electrons. The molecule has 1 aliphatic heterocycles. The third kappa shape index (κ3) is 1.65. The molecule has 0 saturated heterocycles. The Labute approximate surface area is 92.5 Å². The van der Waals surface area contributed by atoms with E-state index in [-0.39, 0.29) is 0 Å². The topological polar surface area (TPSA) is 37.3 Å². The highest BCUT2D eigenvalue weighted by Gasteiger charge is 2.23. The van der Waals surface area contributed by atoms with Gasteiger partial charge in [0.15, 0.2) is 0 Å². The number of aryl methyl sites for hydroxylation is 1. The van der Waals surface area contributed by atoms with Gasteiger partial charge in [-0.1, -0.05) is 0 Å². The Hall–Kier alpha value is -0.000000000000000111. The van der Waals surface area contributed by atoms with E-state index in [1.54, 1.807) is 23.1 Å². The average molecular weight is 279 g/mol. The zero-order chi connectivity index (χ0) is 9.42. The highest BCUT2D eigenvalue weighted by molar-refractivity contribution is 9.11. The normalized spacial score (nSPS) is 15.5. The number of rotatable bonds is 1. The van der Waals surface area contributed by atoms with Crippen molar-refractivity contribution in [2.75, 3.05) is 5.75 Å². The molecule has 1 N–H and O–H groups in total. The van der Waals surface area contributed by atoms with E-state index < -0.39 is 5.97 Å². The maximum absolute atomic E-state index is 10.9. The minimum absolute atomic E-state index is 0.479. The first-order valence-electron chi connectivity index (χ1n) is 3.81. The number of carbonyl (C=O) groups is 1. The van der Waals surface area contributed by atoms with Crippen LogP contribution in [0.2, 0.25) is 0 Å². The first-order chi connectivity index (χ1) is 6.20. The lowest BCUT2D eigenvalue weighted by atomic mass is 10.1. The predicted octanol–water partition coefficient (Wildman–Crippen LogP) is 3.00. The predicted molar refractivity (Wildman–Crippen MR) is 58.8 cm³/mol. The zero-order valence-electron chi connectivity index (χ0n) is 6.67. The highest BCUT2D eigenvalue weighted by Crippen LogP contribution is 2.38. The zero-order valence-corrected chi connectivity index (χ0v) is 9.89. The molecule has 0 aromatic carbocycles. The number of hydrogen-bond acceptors (Lipinski definition) is 3. The molecule has 1 aliphatic rings. The molecule has 0 bridgehead atoms. The van der Waals surface area contributed by atoms with Crippen LogP contribution in [-0.4, -0.2) is 16.8 Å². The van der Waals surface area contributed by atoms with E-state index in [9.17, 15) is 4.79 Å². The summed E-state index contributed by atoms with van der Waals surface area (Å²) < 4.78 is 0.771. The van der Waals surface area contributed by atoms with E-state index in [1.165, 1.54) is 4.88 Å². The molecule has 2 heterocycles. The monoisotopic (exact) mass is 278 g/mol. The Bertz CT molecular complexity index is 359. The molecule has 0 fully saturated rings. The molecule has 0 unspecified atom stereocenters. The second-order valence-electron chi connectivity index (χ2n) is 2.76. The maximum Gasteiger partial charge on any atom is 0.338 e. The Morgan fingerprint density at radius 2 is 2.31 bits per heavy atom. The van der Waals surface area contributed by atoms with Gasteiger partial charge in [-0.3, -0.25) is 0 Å². The van der Waals surface area contributed by atoms with Gasteiger partial charge < -0.3 is 5.11 Å². The van der Waals surface area contributed by atoms with Gasteiger partial charge in [0.2, 0.25) is 0 Å². The Balaban J connectivity index is 2.54. The quantitative estimate of drug-likeness (QED) is 0.858. The molecule has 0 aliphatic carbocycles. The third-order valence-corrected chi connectivity index (χ3v) is 4.93. The average Bonchev–Trinajstić information content (AvgIpc) is 2.39. The van der Waals surface area contributed by atoms with Gasteiger partial charge in [0.05, 0.1) is 9.35 Å². The number of carboxylic acid groups (broad SMARTS) is 1. The summed E-state index contributed by atoms with van der Waals surface area (Å²) in [4.78, 5) is 12.2. The second kappa shape index (κ2) is 3.63. The van der Waals surface area contributed by atoms with Crippen LogP contribution in [0.3, 0.4) is 0 Å². The van der Waals surface area contributed by atoms with Crippen LogP contribution in [0.4, 0.5) is 0 Å². The van der Waals surface area contributed by atoms with Gasteiger partial charge in [-0.2, -0.15) is 11.8 Å². The summed E-state index contributed by atoms with van der Waals surface area (Å²) in [6, 6.07) is 0. The summed E-state index contributed by atoms with van der Waals surface area (Å²) in [5.74, 6) is 1.14. The van der Waals surface area contributed by atoms with Gasteiger partial charge in [-0.05, 0) is 33.7 Å². The van der Waals surface area contributed by atoms with Crippen LogP contribution in [0, 0.1) is 0 Å². The fourth-order valence-corrected chi connectivity index (χ4v) is 4.65. The summed E-state index contributed by atoms with van der Waals surface area (Å²) in [5, 5.41) is 8.98. The number of fused-ring (bicyclic) bond motifs is 1. The van der Waals surface area contributed by atoms with Crippen molar-refractivity contribution in [3.8, 4) is 0 Å². The first-order valence-corrected chi connectivity index (χ1v) is 6.57. The lowest BCUT2D eigenvalue weighted by Gasteiger charge is -2.10. The summed E-state index contributed by atoms with van der Waals surface area (Å²) in [7, 11) is 0. The van der Waals surface area contributed by atoms with Gasteiger partial charge in [-0.25, -0.2) is 4.79 Å². The minimum Gasteiger partial charge on any atom is -0.478 e. The van der Waals surface area contributed by atoms with Crippen molar-refractivity contribution in [1.82, 2.24) is 0 Å². The smallest absolute Gasteiger partial charge is 0.338 e. The van der Waals surface area contributed by atoms with Gasteiger partial charge in [0.1, 0.15) is 0 Å². The Kier molecular flexibility index (Phi) is 2.67. The Morgan fingerprint density at radius 1 is 1.54 bits per heavy atom. The molecule has 0 saturated carbocycles. The fourth-order valence-electron chi connectivity index (χ4n) is 1.39. The van der Waals surface area contributed by atoms with Gasteiger partial charge in [0, 0.05) is 10.6 Å². The molecule has 0 spiro atoms. The van der Waals surface area contributed by atoms with Crippen LogP contribution in [0.25, 0.3) is 0 Å². The van der Waals surface area contributed by atoms with Gasteiger partial charge in [0.25, 0.3) is 0 Å². The van der Waals surface area contributed by atoms with Crippen LogP contribution in [0.5, 0.6) is 0 Å². The van der Waals surface area contributed by atoms with Crippen LogP contribution in [0.1, 0.15) is 20.8 Å². The molecule has 2 rings (SSSR count). The first kappa shape index (κ1) is 9.55. The number of thioether (sulfide) groups is 1. The molecule has 0 radical (unpaired) electrons. The van der Waals surface area contributed by atoms with E-state index in [0.717, 1.165) is 27.3 Å². The molecule has 2 nitrogen and oxygen atoms in total. The summed E-state index contributed by atoms with van der Waals surface area (Å²) in [6.45, 7) is 0. The van der Waals surface area contributed by atoms with Crippen LogP contribution in [0.15, 0.2) is 3.79 Å². The molecular formula is C8H7BrO2S2. The number of carboxylic acids is 1. The minimum atomic E-state index is -0.813. The van der Waals surface area contributed by atoms with Crippen LogP contribution in [-0.2, 0) is 12.2 Å². The van der Waals surface area contributed by atoms with Gasteiger partial charge >= 0.3 is 5.97 Å². The van der Waals surface area contributed by atoms with Crippen LogP contribution >= 0.6 is 39.0 Å². The summed E-state index contributed by atoms with van der Waals surface area (Å²) in [5.41, 5.74) is 1.51. The molecule has 0 atom stereocenters. The van der Waals surface area contributed by atoms with Crippen molar-refractivity contribution in [2.45, 2.75) is 12.2 Å². The van der Waals surface area contributed by atoms with Crippen LogP contribution < -0.4 is 0 Å². The largest absolute Gasteiger partial charge is 0.478 e. The van der Waals surface area contributed by atoms with Crippen molar-refractivity contribution >= 4 is 45.0 Å². The third-order valence-electron chi connectivity index (χ3n) is 1.98. The van der Waals surface area contributed by atoms with Crippen molar-refractivity contribution in [1.29, 1.82) is 0 Å². The van der Waals surface area contributed by atoms with Crippen molar-refractivity contribution in [3.05, 3.63) is 19.8 Å². The summed E-state index contributed by atoms with van der Waals surface area (Å²) in [6.07, 6.45) is 1.01. The molecule has 1 aromatic heterocycles. The van der Waals surface area contributed by atoms with Crippen molar-refractivity contribution in [3.63, 3.8) is 0 Å². The SMILES string of the molecule is O=C(O)c1c(Br)sc2c1CSCC2. The molecule has 0 amide bonds. The number of hydrogen-bond donors (Lipinski definition) is 1. The molecule has 13 heavy (non-hydrogen) atoms. The van der Waals surface area contributed by atoms with E-state index >= 15 is 0 Å². The van der Waals surface area contributed by atoms with E-state index in [4.69, 9.17) is 5.11 Å². The van der Waals surface area contributed by atoms with E-state index in [1.807, 2.05) is 0 Å². The summed E-state index contributed by atoms with van der Waals surface area (Å²) >= 11 is 6.68. The van der Waals surface area contributed by atoms with E-state index in [0.29, 0.717) is 5.56 Å². The highest BCUT2D eigenvalue weighted by atomic mass is 79.9. The van der Waals surface area contributed by atoms with Crippen molar-refractivity contribution < 1.29 is 9.90 Å². The van der Waals surface area contributed by atoms with Crippen molar-refractivity contribution in [2.24, 2.45) is 0 Å². The molecule has 5 heteroatoms.